The van der Waals surface area contributed by atoms with Crippen molar-refractivity contribution in [2.75, 3.05) is 23.8 Å². The van der Waals surface area contributed by atoms with E-state index in [2.05, 4.69) is 4.72 Å². The van der Waals surface area contributed by atoms with Gasteiger partial charge in [0.2, 0.25) is 10.0 Å². The molecular weight excluding hydrogens is 288 g/mol. The molecule has 0 aromatic heterocycles. The van der Waals surface area contributed by atoms with Crippen molar-refractivity contribution in [1.29, 1.82) is 0 Å². The van der Waals surface area contributed by atoms with Crippen molar-refractivity contribution in [3.8, 4) is 0 Å². The van der Waals surface area contributed by atoms with Gasteiger partial charge in [-0.3, -0.25) is 0 Å². The highest BCUT2D eigenvalue weighted by Crippen LogP contribution is 2.17. The normalized spacial score (nSPS) is 12.5. The Bertz CT molecular complexity index is 651. The van der Waals surface area contributed by atoms with Crippen LogP contribution in [0.4, 0.5) is 5.69 Å². The SMILES string of the molecule is CCS(=O)(=O)CCNS(=O)(=O)c1ccc(N)cc1C. The van der Waals surface area contributed by atoms with Crippen LogP contribution >= 0.6 is 0 Å². The van der Waals surface area contributed by atoms with Crippen molar-refractivity contribution in [3.05, 3.63) is 23.8 Å². The van der Waals surface area contributed by atoms with Gasteiger partial charge in [0.1, 0.15) is 0 Å². The summed E-state index contributed by atoms with van der Waals surface area (Å²) in [6.45, 7) is 3.02. The molecule has 0 heterocycles. The molecule has 0 amide bonds. The summed E-state index contributed by atoms with van der Waals surface area (Å²) < 4.78 is 48.8. The van der Waals surface area contributed by atoms with Crippen LogP contribution in [0.25, 0.3) is 0 Å². The zero-order chi connectivity index (χ0) is 14.7. The summed E-state index contributed by atoms with van der Waals surface area (Å²) >= 11 is 0. The average Bonchev–Trinajstić information content (AvgIpc) is 2.27. The fourth-order valence-electron chi connectivity index (χ4n) is 1.53. The van der Waals surface area contributed by atoms with Gasteiger partial charge in [-0.05, 0) is 30.7 Å². The molecule has 1 rings (SSSR count). The first-order valence-electron chi connectivity index (χ1n) is 5.74. The van der Waals surface area contributed by atoms with Crippen LogP contribution in [0.5, 0.6) is 0 Å². The van der Waals surface area contributed by atoms with E-state index in [9.17, 15) is 16.8 Å². The summed E-state index contributed by atoms with van der Waals surface area (Å²) in [4.78, 5) is 0.107. The molecule has 3 N–H and O–H groups in total. The Morgan fingerprint density at radius 1 is 1.21 bits per heavy atom. The van der Waals surface area contributed by atoms with Gasteiger partial charge < -0.3 is 5.73 Å². The average molecular weight is 306 g/mol. The molecule has 0 spiro atoms. The Labute approximate surface area is 114 Å². The second kappa shape index (κ2) is 5.89. The van der Waals surface area contributed by atoms with Gasteiger partial charge in [0.25, 0.3) is 0 Å². The fourth-order valence-corrected chi connectivity index (χ4v) is 3.61. The minimum Gasteiger partial charge on any atom is -0.399 e. The van der Waals surface area contributed by atoms with Gasteiger partial charge in [0.15, 0.2) is 9.84 Å². The molecule has 0 fully saturated rings. The molecule has 0 aliphatic rings. The van der Waals surface area contributed by atoms with Crippen molar-refractivity contribution < 1.29 is 16.8 Å². The van der Waals surface area contributed by atoms with E-state index >= 15 is 0 Å². The van der Waals surface area contributed by atoms with Crippen molar-refractivity contribution in [3.63, 3.8) is 0 Å². The second-order valence-electron chi connectivity index (χ2n) is 4.16. The molecule has 19 heavy (non-hydrogen) atoms. The number of anilines is 1. The number of hydrogen-bond acceptors (Lipinski definition) is 5. The van der Waals surface area contributed by atoms with Gasteiger partial charge >= 0.3 is 0 Å². The number of nitrogens with one attached hydrogen (secondary N) is 1. The Hall–Kier alpha value is -1.12. The molecule has 0 saturated heterocycles. The molecule has 1 aromatic rings. The maximum absolute atomic E-state index is 12.0. The van der Waals surface area contributed by atoms with Crippen LogP contribution in [0.3, 0.4) is 0 Å². The highest BCUT2D eigenvalue weighted by molar-refractivity contribution is 7.91. The first-order valence-corrected chi connectivity index (χ1v) is 9.04. The van der Waals surface area contributed by atoms with Crippen molar-refractivity contribution >= 4 is 25.5 Å². The third-order valence-corrected chi connectivity index (χ3v) is 5.96. The number of benzene rings is 1. The summed E-state index contributed by atoms with van der Waals surface area (Å²) in [6, 6.07) is 4.45. The number of nitrogen functional groups attached to an aromatic ring is 1. The minimum absolute atomic E-state index is 0.00434. The van der Waals surface area contributed by atoms with Gasteiger partial charge in [-0.2, -0.15) is 0 Å². The van der Waals surface area contributed by atoms with E-state index in [1.165, 1.54) is 19.1 Å². The third kappa shape index (κ3) is 4.48. The van der Waals surface area contributed by atoms with Crippen molar-refractivity contribution in [2.45, 2.75) is 18.7 Å². The van der Waals surface area contributed by atoms with Gasteiger partial charge in [-0.1, -0.05) is 6.92 Å². The largest absolute Gasteiger partial charge is 0.399 e. The summed E-state index contributed by atoms with van der Waals surface area (Å²) in [5.41, 5.74) is 6.55. The molecule has 6 nitrogen and oxygen atoms in total. The maximum Gasteiger partial charge on any atom is 0.240 e. The molecular formula is C11H18N2O4S2. The van der Waals surface area contributed by atoms with E-state index in [1.54, 1.807) is 13.0 Å². The standard InChI is InChI=1S/C11H18N2O4S2/c1-3-18(14,15)7-6-13-19(16,17)11-5-4-10(12)8-9(11)2/h4-5,8,13H,3,6-7,12H2,1-2H3. The van der Waals surface area contributed by atoms with Crippen LogP contribution in [-0.4, -0.2) is 34.9 Å². The lowest BCUT2D eigenvalue weighted by Gasteiger charge is -2.09. The van der Waals surface area contributed by atoms with E-state index in [-0.39, 0.29) is 22.9 Å². The smallest absolute Gasteiger partial charge is 0.240 e. The van der Waals surface area contributed by atoms with Crippen molar-refractivity contribution in [1.82, 2.24) is 4.72 Å². The van der Waals surface area contributed by atoms with Crippen LogP contribution in [0.2, 0.25) is 0 Å². The highest BCUT2D eigenvalue weighted by Gasteiger charge is 2.17. The van der Waals surface area contributed by atoms with Crippen LogP contribution in [0.1, 0.15) is 12.5 Å². The summed E-state index contributed by atoms with van der Waals surface area (Å²) in [5, 5.41) is 0. The van der Waals surface area contributed by atoms with Crippen molar-refractivity contribution in [2.24, 2.45) is 0 Å². The van der Waals surface area contributed by atoms with E-state index in [0.29, 0.717) is 11.3 Å². The van der Waals surface area contributed by atoms with E-state index in [4.69, 9.17) is 5.73 Å². The number of rotatable bonds is 6. The first kappa shape index (κ1) is 15.9. The zero-order valence-corrected chi connectivity index (χ0v) is 12.5. The second-order valence-corrected chi connectivity index (χ2v) is 8.37. The summed E-state index contributed by atoms with van der Waals surface area (Å²) in [7, 11) is -6.90. The predicted octanol–water partition coefficient (Wildman–Crippen LogP) is 0.290. The zero-order valence-electron chi connectivity index (χ0n) is 10.9. The number of sulfone groups is 1. The quantitative estimate of drug-likeness (QED) is 0.735. The van der Waals surface area contributed by atoms with Crippen LogP contribution < -0.4 is 10.5 Å². The number of aryl methyl sites for hydroxylation is 1. The first-order chi connectivity index (χ1) is 8.68. The Balaban J connectivity index is 2.82. The lowest BCUT2D eigenvalue weighted by Crippen LogP contribution is -2.30. The minimum atomic E-state index is -3.71. The van der Waals surface area contributed by atoms with Crippen LogP contribution in [0, 0.1) is 6.92 Å². The van der Waals surface area contributed by atoms with Gasteiger partial charge in [0, 0.05) is 18.0 Å². The van der Waals surface area contributed by atoms with Crippen LogP contribution in [0.15, 0.2) is 23.1 Å². The molecule has 8 heteroatoms. The number of nitrogens with two attached hydrogens (primary N) is 1. The van der Waals surface area contributed by atoms with Gasteiger partial charge in [0.05, 0.1) is 10.6 Å². The third-order valence-electron chi connectivity index (χ3n) is 2.63. The fraction of sp³-hybridized carbons (Fsp3) is 0.455. The molecule has 0 unspecified atom stereocenters. The van der Waals surface area contributed by atoms with E-state index in [1.807, 2.05) is 0 Å². The number of hydrogen-bond donors (Lipinski definition) is 2. The molecule has 0 bridgehead atoms. The van der Waals surface area contributed by atoms with E-state index in [0.717, 1.165) is 0 Å². The molecule has 108 valence electrons. The molecule has 0 atom stereocenters. The predicted molar refractivity (Wildman–Crippen MR) is 75.1 cm³/mol. The van der Waals surface area contributed by atoms with E-state index < -0.39 is 19.9 Å². The van der Waals surface area contributed by atoms with Gasteiger partial charge in [-0.25, -0.2) is 21.6 Å². The maximum atomic E-state index is 12.0. The van der Waals surface area contributed by atoms with Crippen LogP contribution in [-0.2, 0) is 19.9 Å². The lowest BCUT2D eigenvalue weighted by molar-refractivity contribution is 0.580. The Morgan fingerprint density at radius 2 is 1.84 bits per heavy atom. The molecule has 0 aliphatic carbocycles. The Morgan fingerprint density at radius 3 is 2.37 bits per heavy atom. The number of sulfonamides is 1. The molecule has 0 radical (unpaired) electrons. The molecule has 0 saturated carbocycles. The summed E-state index contributed by atoms with van der Waals surface area (Å²) in [6.07, 6.45) is 0. The Kier molecular flexibility index (Phi) is 4.94. The lowest BCUT2D eigenvalue weighted by atomic mass is 10.2. The molecule has 0 aliphatic heterocycles. The van der Waals surface area contributed by atoms with Gasteiger partial charge in [-0.15, -0.1) is 0 Å². The summed E-state index contributed by atoms with van der Waals surface area (Å²) in [5.74, 6) is -0.216. The highest BCUT2D eigenvalue weighted by atomic mass is 32.2. The molecule has 1 aromatic carbocycles. The topological polar surface area (TPSA) is 106 Å². The monoisotopic (exact) mass is 306 g/mol.